The molecule has 0 unspecified atom stereocenters. The van der Waals surface area contributed by atoms with Gasteiger partial charge >= 0.3 is 5.97 Å². The van der Waals surface area contributed by atoms with E-state index in [1.807, 2.05) is 48.5 Å². The minimum Gasteiger partial charge on any atom is -0.493 e. The molecule has 5 aromatic rings. The Hall–Kier alpha value is -5.22. The lowest BCUT2D eigenvalue weighted by atomic mass is 10.0. The lowest BCUT2D eigenvalue weighted by Crippen LogP contribution is -2.18. The topological polar surface area (TPSA) is 108 Å². The number of ether oxygens (including phenoxy) is 4. The maximum absolute atomic E-state index is 13.2. The van der Waals surface area contributed by atoms with Crippen molar-refractivity contribution in [2.24, 2.45) is 5.10 Å². The third kappa shape index (κ3) is 6.65. The number of amides is 1. The highest BCUT2D eigenvalue weighted by atomic mass is 79.9. The highest BCUT2D eigenvalue weighted by molar-refractivity contribution is 9.10. The van der Waals surface area contributed by atoms with Crippen molar-refractivity contribution in [2.45, 2.75) is 0 Å². The van der Waals surface area contributed by atoms with E-state index in [1.54, 1.807) is 30.3 Å². The second kappa shape index (κ2) is 13.2. The van der Waals surface area contributed by atoms with Crippen LogP contribution in [0.1, 0.15) is 26.3 Å². The number of fused-ring (bicyclic) bond motifs is 1. The van der Waals surface area contributed by atoms with Crippen LogP contribution in [-0.2, 0) is 0 Å². The van der Waals surface area contributed by atoms with Crippen LogP contribution < -0.4 is 24.4 Å². The van der Waals surface area contributed by atoms with Gasteiger partial charge < -0.3 is 18.9 Å². The molecule has 0 aliphatic carbocycles. The molecule has 0 spiro atoms. The van der Waals surface area contributed by atoms with E-state index >= 15 is 0 Å². The predicted octanol–water partition coefficient (Wildman–Crippen LogP) is 6.67. The molecule has 1 N–H and O–H groups in total. The summed E-state index contributed by atoms with van der Waals surface area (Å²) in [6, 6.07) is 26.6. The fourth-order valence-corrected chi connectivity index (χ4v) is 4.61. The first-order valence-corrected chi connectivity index (χ1v) is 13.8. The van der Waals surface area contributed by atoms with Gasteiger partial charge in [-0.25, -0.2) is 15.2 Å². The zero-order chi connectivity index (χ0) is 30.3. The summed E-state index contributed by atoms with van der Waals surface area (Å²) in [5, 5.41) is 4.85. The number of methoxy groups -OCH3 is 3. The van der Waals surface area contributed by atoms with Crippen LogP contribution >= 0.6 is 15.9 Å². The fraction of sp³-hybridized carbons (Fsp3) is 0.0909. The summed E-state index contributed by atoms with van der Waals surface area (Å²) < 4.78 is 22.4. The molecule has 10 heteroatoms. The first kappa shape index (κ1) is 29.3. The zero-order valence-corrected chi connectivity index (χ0v) is 25.0. The highest BCUT2D eigenvalue weighted by Crippen LogP contribution is 2.38. The minimum absolute atomic E-state index is 0.231. The van der Waals surface area contributed by atoms with E-state index in [-0.39, 0.29) is 11.5 Å². The van der Waals surface area contributed by atoms with Crippen LogP contribution in [-0.4, -0.2) is 44.4 Å². The number of benzene rings is 4. The van der Waals surface area contributed by atoms with E-state index in [9.17, 15) is 9.59 Å². The van der Waals surface area contributed by atoms with Gasteiger partial charge in [0, 0.05) is 15.4 Å². The van der Waals surface area contributed by atoms with E-state index < -0.39 is 5.97 Å². The zero-order valence-electron chi connectivity index (χ0n) is 23.5. The third-order valence-corrected chi connectivity index (χ3v) is 7.00. The summed E-state index contributed by atoms with van der Waals surface area (Å²) in [5.74, 6) is 0.408. The molecule has 0 aliphatic rings. The van der Waals surface area contributed by atoms with Gasteiger partial charge in [-0.2, -0.15) is 5.10 Å². The van der Waals surface area contributed by atoms with E-state index in [4.69, 9.17) is 23.9 Å². The van der Waals surface area contributed by atoms with Gasteiger partial charge in [0.2, 0.25) is 5.75 Å². The molecule has 0 fully saturated rings. The molecule has 0 radical (unpaired) electrons. The van der Waals surface area contributed by atoms with Gasteiger partial charge in [0.15, 0.2) is 11.5 Å². The number of nitrogens with zero attached hydrogens (tertiary/aromatic N) is 2. The standard InChI is InChI=1S/C33H26BrN3O6/c1-40-29-16-22(17-30(41-2)31(29)42-3)33(39)43-24-14-8-20(9-15-24)19-35-37-32(38)26-18-28(21-10-12-23(34)13-11-21)36-27-7-5-4-6-25(26)27/h4-19H,1-3H3,(H,37,38)/b35-19-. The molecular formula is C33H26BrN3O6. The Labute approximate surface area is 256 Å². The quantitative estimate of drug-likeness (QED) is 0.0830. The van der Waals surface area contributed by atoms with Gasteiger partial charge in [-0.05, 0) is 66.2 Å². The molecular weight excluding hydrogens is 614 g/mol. The largest absolute Gasteiger partial charge is 0.493 e. The van der Waals surface area contributed by atoms with Crippen LogP contribution in [0.5, 0.6) is 23.0 Å². The van der Waals surface area contributed by atoms with Crippen molar-refractivity contribution in [2.75, 3.05) is 21.3 Å². The Balaban J connectivity index is 1.28. The second-order valence-electron chi connectivity index (χ2n) is 9.15. The van der Waals surface area contributed by atoms with Crippen molar-refractivity contribution in [1.82, 2.24) is 10.4 Å². The fourth-order valence-electron chi connectivity index (χ4n) is 4.34. The van der Waals surface area contributed by atoms with Gasteiger partial charge in [0.25, 0.3) is 5.91 Å². The number of rotatable bonds is 9. The van der Waals surface area contributed by atoms with Gasteiger partial charge in [-0.3, -0.25) is 4.79 Å². The first-order valence-electron chi connectivity index (χ1n) is 13.0. The van der Waals surface area contributed by atoms with Crippen LogP contribution in [0.15, 0.2) is 101 Å². The Morgan fingerprint density at radius 1 is 0.837 bits per heavy atom. The van der Waals surface area contributed by atoms with E-state index in [0.717, 1.165) is 10.0 Å². The van der Waals surface area contributed by atoms with Crippen molar-refractivity contribution >= 4 is 44.9 Å². The van der Waals surface area contributed by atoms with E-state index in [1.165, 1.54) is 39.7 Å². The molecule has 0 saturated carbocycles. The van der Waals surface area contributed by atoms with Gasteiger partial charge in [0.05, 0.1) is 49.9 Å². The summed E-state index contributed by atoms with van der Waals surface area (Å²) in [4.78, 5) is 30.7. The number of nitrogens with one attached hydrogen (secondary N) is 1. The number of carbonyl (C=O) groups is 2. The van der Waals surface area contributed by atoms with Crippen molar-refractivity contribution < 1.29 is 28.5 Å². The molecule has 0 saturated heterocycles. The first-order chi connectivity index (χ1) is 20.9. The van der Waals surface area contributed by atoms with E-state index in [0.29, 0.717) is 50.7 Å². The normalized spacial score (nSPS) is 10.9. The van der Waals surface area contributed by atoms with Crippen molar-refractivity contribution in [3.8, 4) is 34.3 Å². The Bertz CT molecular complexity index is 1800. The maximum Gasteiger partial charge on any atom is 0.343 e. The smallest absolute Gasteiger partial charge is 0.343 e. The van der Waals surface area contributed by atoms with Crippen LogP contribution in [0.3, 0.4) is 0 Å². The number of pyridine rings is 1. The minimum atomic E-state index is -0.597. The van der Waals surface area contributed by atoms with Gasteiger partial charge in [-0.1, -0.05) is 46.3 Å². The molecule has 1 amide bonds. The molecule has 4 aromatic carbocycles. The Morgan fingerprint density at radius 3 is 2.16 bits per heavy atom. The average molecular weight is 640 g/mol. The Morgan fingerprint density at radius 2 is 1.51 bits per heavy atom. The lowest BCUT2D eigenvalue weighted by Gasteiger charge is -2.13. The Kier molecular flexibility index (Phi) is 8.97. The highest BCUT2D eigenvalue weighted by Gasteiger charge is 2.18. The summed E-state index contributed by atoms with van der Waals surface area (Å²) in [5.41, 5.74) is 6.24. The number of carbonyl (C=O) groups excluding carboxylic acids is 2. The number of para-hydroxylation sites is 1. The number of hydrogen-bond acceptors (Lipinski definition) is 8. The molecule has 43 heavy (non-hydrogen) atoms. The summed E-state index contributed by atoms with van der Waals surface area (Å²) >= 11 is 3.45. The van der Waals surface area contributed by atoms with Crippen LogP contribution in [0.2, 0.25) is 0 Å². The number of esters is 1. The molecule has 1 aromatic heterocycles. The molecule has 0 bridgehead atoms. The number of halogens is 1. The molecule has 216 valence electrons. The van der Waals surface area contributed by atoms with Crippen LogP contribution in [0, 0.1) is 0 Å². The third-order valence-electron chi connectivity index (χ3n) is 6.47. The van der Waals surface area contributed by atoms with Crippen molar-refractivity contribution in [3.05, 3.63) is 112 Å². The number of hydrogen-bond donors (Lipinski definition) is 1. The lowest BCUT2D eigenvalue weighted by molar-refractivity contribution is 0.0733. The maximum atomic E-state index is 13.2. The van der Waals surface area contributed by atoms with Crippen molar-refractivity contribution in [3.63, 3.8) is 0 Å². The average Bonchev–Trinajstić information content (AvgIpc) is 3.04. The number of aromatic nitrogens is 1. The van der Waals surface area contributed by atoms with Crippen LogP contribution in [0.4, 0.5) is 0 Å². The van der Waals surface area contributed by atoms with Gasteiger partial charge in [0.1, 0.15) is 5.75 Å². The second-order valence-corrected chi connectivity index (χ2v) is 10.1. The van der Waals surface area contributed by atoms with Crippen LogP contribution in [0.25, 0.3) is 22.2 Å². The summed E-state index contributed by atoms with van der Waals surface area (Å²) in [6.45, 7) is 0. The summed E-state index contributed by atoms with van der Waals surface area (Å²) in [7, 11) is 4.42. The molecule has 9 nitrogen and oxygen atoms in total. The molecule has 0 atom stereocenters. The number of hydrazone groups is 1. The SMILES string of the molecule is COc1cc(C(=O)Oc2ccc(/C=N\NC(=O)c3cc(-c4ccc(Br)cc4)nc4ccccc34)cc2)cc(OC)c1OC. The molecule has 1 heterocycles. The molecule has 0 aliphatic heterocycles. The molecule has 5 rings (SSSR count). The predicted molar refractivity (Wildman–Crippen MR) is 167 cm³/mol. The summed E-state index contributed by atoms with van der Waals surface area (Å²) in [6.07, 6.45) is 1.50. The monoisotopic (exact) mass is 639 g/mol. The van der Waals surface area contributed by atoms with E-state index in [2.05, 4.69) is 26.5 Å². The van der Waals surface area contributed by atoms with Gasteiger partial charge in [-0.15, -0.1) is 0 Å². The van der Waals surface area contributed by atoms with Crippen molar-refractivity contribution in [1.29, 1.82) is 0 Å².